The molecule has 1 aromatic carbocycles. The highest BCUT2D eigenvalue weighted by Gasteiger charge is 2.43. The van der Waals surface area contributed by atoms with Gasteiger partial charge in [-0.1, -0.05) is 17.7 Å². The van der Waals surface area contributed by atoms with Crippen molar-refractivity contribution in [3.05, 3.63) is 29.3 Å². The van der Waals surface area contributed by atoms with Crippen LogP contribution in [0.3, 0.4) is 0 Å². The van der Waals surface area contributed by atoms with Crippen LogP contribution in [0, 0.1) is 0 Å². The third kappa shape index (κ3) is 2.88. The molecule has 0 bridgehead atoms. The molecule has 1 aliphatic heterocycles. The number of benzene rings is 1. The van der Waals surface area contributed by atoms with E-state index in [4.69, 9.17) is 11.6 Å². The second kappa shape index (κ2) is 6.32. The number of esters is 1. The number of carbonyl (C=O) groups is 2. The van der Waals surface area contributed by atoms with Crippen molar-refractivity contribution in [2.24, 2.45) is 0 Å². The second-order valence-electron chi connectivity index (χ2n) is 5.11. The first-order valence-electron chi connectivity index (χ1n) is 6.89. The minimum Gasteiger partial charge on any atom is -0.467 e. The van der Waals surface area contributed by atoms with Gasteiger partial charge in [-0.15, -0.1) is 11.3 Å². The summed E-state index contributed by atoms with van der Waals surface area (Å²) in [6.45, 7) is -0.155. The summed E-state index contributed by atoms with van der Waals surface area (Å²) in [6.07, 6.45) is 0. The summed E-state index contributed by atoms with van der Waals surface area (Å²) >= 11 is 6.92. The summed E-state index contributed by atoms with van der Waals surface area (Å²) in [5.41, 5.74) is 0. The molecule has 1 unspecified atom stereocenters. The molecule has 2 aromatic rings. The number of ether oxygens (including phenoxy) is 1. The Hall–Kier alpha value is -1.68. The quantitative estimate of drug-likeness (QED) is 0.795. The van der Waals surface area contributed by atoms with E-state index in [1.165, 1.54) is 6.07 Å². The molecular weight excluding hydrogens is 376 g/mol. The molecule has 3 rings (SSSR count). The van der Waals surface area contributed by atoms with Crippen molar-refractivity contribution < 1.29 is 22.7 Å². The Kier molecular flexibility index (Phi) is 4.52. The Morgan fingerprint density at radius 3 is 2.88 bits per heavy atom. The molecule has 1 saturated heterocycles. The Labute approximate surface area is 147 Å². The standard InChI is InChI=1S/C14H13ClN2O5S2/c1-22-14(19)10-6-16-7-12(18)17(10)24(20,21)13-4-8-2-3-9(15)5-11(8)23-13/h2-5,10,16H,6-7H2,1H3. The lowest BCUT2D eigenvalue weighted by Gasteiger charge is -2.32. The highest BCUT2D eigenvalue weighted by atomic mass is 35.5. The maximum Gasteiger partial charge on any atom is 0.331 e. The number of rotatable bonds is 3. The van der Waals surface area contributed by atoms with E-state index in [-0.39, 0.29) is 17.3 Å². The number of nitrogens with one attached hydrogen (secondary N) is 1. The van der Waals surface area contributed by atoms with Gasteiger partial charge in [0.05, 0.1) is 13.7 Å². The number of thiophene rings is 1. The van der Waals surface area contributed by atoms with Crippen LogP contribution in [0.15, 0.2) is 28.5 Å². The van der Waals surface area contributed by atoms with Crippen molar-refractivity contribution in [1.29, 1.82) is 0 Å². The van der Waals surface area contributed by atoms with Crippen molar-refractivity contribution in [2.75, 3.05) is 20.2 Å². The third-order valence-electron chi connectivity index (χ3n) is 3.59. The van der Waals surface area contributed by atoms with Gasteiger partial charge in [-0.25, -0.2) is 17.5 Å². The number of methoxy groups -OCH3 is 1. The monoisotopic (exact) mass is 388 g/mol. The molecule has 2 heterocycles. The molecule has 1 fully saturated rings. The molecule has 0 saturated carbocycles. The zero-order valence-corrected chi connectivity index (χ0v) is 14.9. The minimum atomic E-state index is -4.17. The molecule has 1 atom stereocenters. The van der Waals surface area contributed by atoms with Crippen LogP contribution in [-0.4, -0.2) is 50.8 Å². The fraction of sp³-hybridized carbons (Fsp3) is 0.286. The van der Waals surface area contributed by atoms with Crippen LogP contribution in [0.4, 0.5) is 0 Å². The van der Waals surface area contributed by atoms with Gasteiger partial charge in [0.25, 0.3) is 15.9 Å². The van der Waals surface area contributed by atoms with Gasteiger partial charge in [-0.05, 0) is 23.6 Å². The molecular formula is C14H13ClN2O5S2. The van der Waals surface area contributed by atoms with Gasteiger partial charge in [0.1, 0.15) is 4.21 Å². The van der Waals surface area contributed by atoms with Crippen molar-refractivity contribution in [2.45, 2.75) is 10.3 Å². The highest BCUT2D eigenvalue weighted by molar-refractivity contribution is 7.92. The number of halogens is 1. The number of amides is 1. The first-order valence-corrected chi connectivity index (χ1v) is 9.53. The fourth-order valence-corrected chi connectivity index (χ4v) is 5.77. The Bertz CT molecular complexity index is 924. The predicted octanol–water partition coefficient (Wildman–Crippen LogP) is 1.22. The molecule has 0 radical (unpaired) electrons. The van der Waals surface area contributed by atoms with E-state index in [0.29, 0.717) is 19.4 Å². The largest absolute Gasteiger partial charge is 0.467 e. The van der Waals surface area contributed by atoms with E-state index in [0.717, 1.165) is 18.4 Å². The summed E-state index contributed by atoms with van der Waals surface area (Å²) in [4.78, 5) is 24.1. The number of piperazine rings is 1. The molecule has 1 amide bonds. The summed E-state index contributed by atoms with van der Waals surface area (Å²) < 4.78 is 31.8. The van der Waals surface area contributed by atoms with Gasteiger partial charge < -0.3 is 10.1 Å². The van der Waals surface area contributed by atoms with Crippen LogP contribution < -0.4 is 5.32 Å². The van der Waals surface area contributed by atoms with Gasteiger partial charge in [-0.3, -0.25) is 4.79 Å². The highest BCUT2D eigenvalue weighted by Crippen LogP contribution is 2.33. The van der Waals surface area contributed by atoms with Crippen molar-refractivity contribution >= 4 is 54.9 Å². The number of nitrogens with zero attached hydrogens (tertiary/aromatic N) is 1. The van der Waals surface area contributed by atoms with Crippen molar-refractivity contribution in [3.8, 4) is 0 Å². The number of fused-ring (bicyclic) bond motifs is 1. The minimum absolute atomic E-state index is 0.00830. The average molecular weight is 389 g/mol. The van der Waals surface area contributed by atoms with Crippen molar-refractivity contribution in [3.63, 3.8) is 0 Å². The van der Waals surface area contributed by atoms with Crippen LogP contribution in [0.1, 0.15) is 0 Å². The smallest absolute Gasteiger partial charge is 0.331 e. The lowest BCUT2D eigenvalue weighted by atomic mass is 10.2. The topological polar surface area (TPSA) is 92.8 Å². The summed E-state index contributed by atoms with van der Waals surface area (Å²) in [5.74, 6) is -1.49. The molecule has 0 spiro atoms. The van der Waals surface area contributed by atoms with E-state index in [2.05, 4.69) is 10.1 Å². The Balaban J connectivity index is 2.08. The van der Waals surface area contributed by atoms with Crippen LogP contribution in [0.5, 0.6) is 0 Å². The number of hydrogen-bond acceptors (Lipinski definition) is 7. The van der Waals surface area contributed by atoms with Crippen molar-refractivity contribution in [1.82, 2.24) is 9.62 Å². The number of sulfonamides is 1. The third-order valence-corrected chi connectivity index (χ3v) is 7.20. The molecule has 1 aliphatic rings. The molecule has 7 nitrogen and oxygen atoms in total. The molecule has 0 aliphatic carbocycles. The number of hydrogen-bond donors (Lipinski definition) is 1. The molecule has 128 valence electrons. The maximum atomic E-state index is 12.9. The lowest BCUT2D eigenvalue weighted by molar-refractivity contribution is -0.150. The fourth-order valence-electron chi connectivity index (χ4n) is 2.47. The van der Waals surface area contributed by atoms with Gasteiger partial charge in [-0.2, -0.15) is 0 Å². The molecule has 24 heavy (non-hydrogen) atoms. The van der Waals surface area contributed by atoms with E-state index >= 15 is 0 Å². The number of carbonyl (C=O) groups excluding carboxylic acids is 2. The van der Waals surface area contributed by atoms with Gasteiger partial charge in [0.15, 0.2) is 6.04 Å². The summed E-state index contributed by atoms with van der Waals surface area (Å²) in [5, 5.41) is 3.90. The predicted molar refractivity (Wildman–Crippen MR) is 89.5 cm³/mol. The van der Waals surface area contributed by atoms with Crippen LogP contribution >= 0.6 is 22.9 Å². The van der Waals surface area contributed by atoms with E-state index < -0.39 is 27.9 Å². The average Bonchev–Trinajstić information content (AvgIpc) is 2.97. The Morgan fingerprint density at radius 2 is 2.17 bits per heavy atom. The second-order valence-corrected chi connectivity index (χ2v) is 8.67. The molecule has 1 aromatic heterocycles. The first kappa shape index (κ1) is 17.2. The lowest BCUT2D eigenvalue weighted by Crippen LogP contribution is -2.60. The van der Waals surface area contributed by atoms with Crippen LogP contribution in [-0.2, 0) is 24.3 Å². The zero-order chi connectivity index (χ0) is 17.5. The van der Waals surface area contributed by atoms with Gasteiger partial charge in [0.2, 0.25) is 0 Å². The Morgan fingerprint density at radius 1 is 1.42 bits per heavy atom. The SMILES string of the molecule is COC(=O)C1CNCC(=O)N1S(=O)(=O)c1cc2ccc(Cl)cc2s1. The normalized spacial score (nSPS) is 18.8. The van der Waals surface area contributed by atoms with E-state index in [9.17, 15) is 18.0 Å². The van der Waals surface area contributed by atoms with Gasteiger partial charge >= 0.3 is 5.97 Å². The molecule has 10 heteroatoms. The zero-order valence-electron chi connectivity index (χ0n) is 12.5. The van der Waals surface area contributed by atoms with E-state index in [1.54, 1.807) is 18.2 Å². The van der Waals surface area contributed by atoms with Gasteiger partial charge in [0, 0.05) is 16.3 Å². The maximum absolute atomic E-state index is 12.9. The summed E-state index contributed by atoms with van der Waals surface area (Å²) in [6, 6.07) is 5.24. The summed E-state index contributed by atoms with van der Waals surface area (Å²) in [7, 11) is -3.03. The van der Waals surface area contributed by atoms with Crippen LogP contribution in [0.2, 0.25) is 5.02 Å². The first-order chi connectivity index (χ1) is 11.3. The molecule has 1 N–H and O–H groups in total. The van der Waals surface area contributed by atoms with E-state index in [1.807, 2.05) is 0 Å². The van der Waals surface area contributed by atoms with Crippen LogP contribution in [0.25, 0.3) is 10.1 Å².